The van der Waals surface area contributed by atoms with Crippen LogP contribution in [-0.2, 0) is 0 Å². The Morgan fingerprint density at radius 3 is 2.72 bits per heavy atom. The molecule has 0 saturated carbocycles. The van der Waals surface area contributed by atoms with E-state index in [0.29, 0.717) is 29.7 Å². The minimum atomic E-state index is 0.452. The molecule has 4 heteroatoms. The molecule has 18 heavy (non-hydrogen) atoms. The predicted octanol–water partition coefficient (Wildman–Crippen LogP) is 3.16. The lowest BCUT2D eigenvalue weighted by atomic mass is 10.2. The number of benzene rings is 1. The van der Waals surface area contributed by atoms with Gasteiger partial charge in [-0.05, 0) is 38.1 Å². The van der Waals surface area contributed by atoms with Crippen LogP contribution in [0.25, 0.3) is 0 Å². The van der Waals surface area contributed by atoms with Gasteiger partial charge in [-0.2, -0.15) is 0 Å². The number of ether oxygens (including phenoxy) is 2. The number of nitrogens with two attached hydrogens (primary N) is 1. The van der Waals surface area contributed by atoms with Gasteiger partial charge in [-0.3, -0.25) is 0 Å². The molecular weight excluding hydrogens is 228 g/mol. The molecular formula is C14H16N2O2. The Bertz CT molecular complexity index is 541. The first-order valence-electron chi connectivity index (χ1n) is 5.83. The minimum Gasteiger partial charge on any atom is -0.488 e. The van der Waals surface area contributed by atoms with Gasteiger partial charge in [0.15, 0.2) is 5.75 Å². The van der Waals surface area contributed by atoms with E-state index >= 15 is 0 Å². The topological polar surface area (TPSA) is 57.4 Å². The molecule has 0 spiro atoms. The Hall–Kier alpha value is -2.23. The van der Waals surface area contributed by atoms with Crippen molar-refractivity contribution in [1.82, 2.24) is 4.98 Å². The van der Waals surface area contributed by atoms with E-state index < -0.39 is 0 Å². The molecule has 4 nitrogen and oxygen atoms in total. The predicted molar refractivity (Wildman–Crippen MR) is 71.1 cm³/mol. The first-order valence-corrected chi connectivity index (χ1v) is 5.83. The molecule has 2 aromatic rings. The lowest BCUT2D eigenvalue weighted by Crippen LogP contribution is -1.98. The Balaban J connectivity index is 2.31. The normalized spacial score (nSPS) is 10.1. The van der Waals surface area contributed by atoms with Gasteiger partial charge in [-0.25, -0.2) is 4.98 Å². The molecule has 0 aliphatic carbocycles. The first kappa shape index (κ1) is 12.2. The number of nitrogen functional groups attached to an aromatic ring is 1. The van der Waals surface area contributed by atoms with Crippen LogP contribution in [-0.4, -0.2) is 11.6 Å². The number of hydrogen-bond acceptors (Lipinski definition) is 4. The molecule has 0 unspecified atom stereocenters. The molecule has 0 saturated heterocycles. The first-order chi connectivity index (χ1) is 8.72. The molecule has 0 fully saturated rings. The molecule has 0 radical (unpaired) electrons. The highest BCUT2D eigenvalue weighted by Gasteiger charge is 2.09. The highest BCUT2D eigenvalue weighted by Crippen LogP contribution is 2.32. The summed E-state index contributed by atoms with van der Waals surface area (Å²) in [5.41, 5.74) is 7.43. The van der Waals surface area contributed by atoms with Gasteiger partial charge >= 0.3 is 0 Å². The number of aromatic nitrogens is 1. The third kappa shape index (κ3) is 2.53. The van der Waals surface area contributed by atoms with Crippen molar-refractivity contribution in [3.05, 3.63) is 42.1 Å². The van der Waals surface area contributed by atoms with E-state index in [9.17, 15) is 0 Å². The maximum absolute atomic E-state index is 5.84. The molecule has 0 aliphatic rings. The molecule has 2 N–H and O–H groups in total. The van der Waals surface area contributed by atoms with E-state index in [1.54, 1.807) is 6.20 Å². The third-order valence-electron chi connectivity index (χ3n) is 2.57. The van der Waals surface area contributed by atoms with Crippen molar-refractivity contribution >= 4 is 5.69 Å². The van der Waals surface area contributed by atoms with E-state index in [0.717, 1.165) is 5.56 Å². The van der Waals surface area contributed by atoms with Gasteiger partial charge < -0.3 is 15.2 Å². The summed E-state index contributed by atoms with van der Waals surface area (Å²) in [4.78, 5) is 4.18. The molecule has 1 heterocycles. The number of rotatable bonds is 4. The molecule has 0 atom stereocenters. The van der Waals surface area contributed by atoms with Gasteiger partial charge in [0.1, 0.15) is 5.75 Å². The fraction of sp³-hybridized carbons (Fsp3) is 0.214. The molecule has 94 valence electrons. The zero-order valence-corrected chi connectivity index (χ0v) is 10.5. The Labute approximate surface area is 106 Å². The molecule has 0 aliphatic heterocycles. The summed E-state index contributed by atoms with van der Waals surface area (Å²) in [7, 11) is 0. The van der Waals surface area contributed by atoms with Crippen LogP contribution in [0.5, 0.6) is 17.4 Å². The summed E-state index contributed by atoms with van der Waals surface area (Å²) in [5, 5.41) is 0. The molecule has 1 aromatic carbocycles. The van der Waals surface area contributed by atoms with Gasteiger partial charge in [0, 0.05) is 17.4 Å². The third-order valence-corrected chi connectivity index (χ3v) is 2.57. The fourth-order valence-electron chi connectivity index (χ4n) is 1.56. The second kappa shape index (κ2) is 5.40. The number of pyridine rings is 1. The van der Waals surface area contributed by atoms with E-state index in [1.807, 2.05) is 44.2 Å². The van der Waals surface area contributed by atoms with Gasteiger partial charge in [0.2, 0.25) is 0 Å². The summed E-state index contributed by atoms with van der Waals surface area (Å²) in [6.45, 7) is 4.40. The van der Waals surface area contributed by atoms with Gasteiger partial charge in [0.25, 0.3) is 5.88 Å². The van der Waals surface area contributed by atoms with E-state index in [1.165, 1.54) is 0 Å². The number of anilines is 1. The van der Waals surface area contributed by atoms with Crippen LogP contribution in [0.2, 0.25) is 0 Å². The lowest BCUT2D eigenvalue weighted by Gasteiger charge is -2.12. The summed E-state index contributed by atoms with van der Waals surface area (Å²) in [6.07, 6.45) is 1.67. The summed E-state index contributed by atoms with van der Waals surface area (Å²) < 4.78 is 11.2. The Morgan fingerprint density at radius 1 is 1.17 bits per heavy atom. The smallest absolute Gasteiger partial charge is 0.262 e. The van der Waals surface area contributed by atoms with Crippen LogP contribution >= 0.6 is 0 Å². The second-order valence-corrected chi connectivity index (χ2v) is 3.81. The average molecular weight is 244 g/mol. The summed E-state index contributed by atoms with van der Waals surface area (Å²) in [6, 6.07) is 9.18. The van der Waals surface area contributed by atoms with Gasteiger partial charge in [0.05, 0.1) is 6.61 Å². The van der Waals surface area contributed by atoms with Crippen LogP contribution in [0.1, 0.15) is 12.5 Å². The largest absolute Gasteiger partial charge is 0.488 e. The van der Waals surface area contributed by atoms with Crippen LogP contribution in [0.3, 0.4) is 0 Å². The van der Waals surface area contributed by atoms with Gasteiger partial charge in [-0.15, -0.1) is 0 Å². The van der Waals surface area contributed by atoms with E-state index in [-0.39, 0.29) is 0 Å². The highest BCUT2D eigenvalue weighted by molar-refractivity contribution is 5.54. The van der Waals surface area contributed by atoms with Crippen LogP contribution in [0, 0.1) is 6.92 Å². The number of nitrogens with zero attached hydrogens (tertiary/aromatic N) is 1. The van der Waals surface area contributed by atoms with Crippen LogP contribution < -0.4 is 15.2 Å². The Morgan fingerprint density at radius 2 is 1.94 bits per heavy atom. The number of hydrogen-bond donors (Lipinski definition) is 1. The van der Waals surface area contributed by atoms with Gasteiger partial charge in [-0.1, -0.05) is 6.07 Å². The summed E-state index contributed by atoms with van der Waals surface area (Å²) in [5.74, 6) is 1.77. The van der Waals surface area contributed by atoms with Crippen molar-refractivity contribution in [3.8, 4) is 17.4 Å². The SMILES string of the molecule is CCOc1cccnc1Oc1cccc(N)c1C. The molecule has 1 aromatic heterocycles. The molecule has 0 bridgehead atoms. The average Bonchev–Trinajstić information content (AvgIpc) is 2.37. The van der Waals surface area contributed by atoms with Crippen molar-refractivity contribution in [1.29, 1.82) is 0 Å². The van der Waals surface area contributed by atoms with Crippen LogP contribution in [0.4, 0.5) is 5.69 Å². The monoisotopic (exact) mass is 244 g/mol. The second-order valence-electron chi connectivity index (χ2n) is 3.81. The zero-order chi connectivity index (χ0) is 13.0. The van der Waals surface area contributed by atoms with Crippen molar-refractivity contribution in [3.63, 3.8) is 0 Å². The standard InChI is InChI=1S/C14H16N2O2/c1-3-17-13-8-5-9-16-14(13)18-12-7-4-6-11(15)10(12)2/h4-9H,3,15H2,1-2H3. The van der Waals surface area contributed by atoms with Crippen molar-refractivity contribution < 1.29 is 9.47 Å². The maximum atomic E-state index is 5.84. The summed E-state index contributed by atoms with van der Waals surface area (Å²) >= 11 is 0. The molecule has 2 rings (SSSR count). The Kier molecular flexibility index (Phi) is 3.67. The van der Waals surface area contributed by atoms with E-state index in [4.69, 9.17) is 15.2 Å². The van der Waals surface area contributed by atoms with Crippen molar-refractivity contribution in [2.24, 2.45) is 0 Å². The highest BCUT2D eigenvalue weighted by atomic mass is 16.5. The van der Waals surface area contributed by atoms with Crippen LogP contribution in [0.15, 0.2) is 36.5 Å². The fourth-order valence-corrected chi connectivity index (χ4v) is 1.56. The minimum absolute atomic E-state index is 0.452. The van der Waals surface area contributed by atoms with Crippen molar-refractivity contribution in [2.75, 3.05) is 12.3 Å². The maximum Gasteiger partial charge on any atom is 0.262 e. The van der Waals surface area contributed by atoms with Crippen molar-refractivity contribution in [2.45, 2.75) is 13.8 Å². The van der Waals surface area contributed by atoms with E-state index in [2.05, 4.69) is 4.98 Å². The quantitative estimate of drug-likeness (QED) is 0.839. The lowest BCUT2D eigenvalue weighted by molar-refractivity contribution is 0.316. The molecule has 0 amide bonds. The zero-order valence-electron chi connectivity index (χ0n) is 10.5.